The molecular weight excluding hydrogens is 394 g/mol. The summed E-state index contributed by atoms with van der Waals surface area (Å²) in [5.74, 6) is 0.354. The van der Waals surface area contributed by atoms with Gasteiger partial charge in [0, 0.05) is 5.02 Å². The third-order valence-corrected chi connectivity index (χ3v) is 4.64. The van der Waals surface area contributed by atoms with E-state index in [9.17, 15) is 10.1 Å². The van der Waals surface area contributed by atoms with Gasteiger partial charge in [0.05, 0.1) is 4.92 Å². The number of rotatable bonds is 5. The Balaban J connectivity index is 1.70. The topological polar surface area (TPSA) is 87.4 Å². The van der Waals surface area contributed by atoms with Gasteiger partial charge in [0.25, 0.3) is 0 Å². The van der Waals surface area contributed by atoms with Crippen LogP contribution in [0.1, 0.15) is 5.56 Å². The lowest BCUT2D eigenvalue weighted by atomic mass is 10.1. The Hall–Kier alpha value is -3.71. The molecule has 0 aliphatic carbocycles. The molecule has 3 aromatic carbocycles. The van der Waals surface area contributed by atoms with E-state index in [-0.39, 0.29) is 11.8 Å². The largest absolute Gasteiger partial charge is 0.433 e. The average molecular weight is 408 g/mol. The first kappa shape index (κ1) is 18.6. The first-order chi connectivity index (χ1) is 14.0. The van der Waals surface area contributed by atoms with E-state index in [1.807, 2.05) is 30.3 Å². The molecular formula is C21H14ClN3O4. The number of hydrogen-bond donors (Lipinski definition) is 0. The van der Waals surface area contributed by atoms with Crippen molar-refractivity contribution in [1.29, 1.82) is 0 Å². The molecule has 0 fully saturated rings. The fourth-order valence-electron chi connectivity index (χ4n) is 2.79. The zero-order valence-corrected chi connectivity index (χ0v) is 16.0. The average Bonchev–Trinajstić information content (AvgIpc) is 2.70. The maximum absolute atomic E-state index is 11.7. The van der Waals surface area contributed by atoms with Gasteiger partial charge in [-0.05, 0) is 53.6 Å². The number of benzene rings is 3. The molecule has 0 aliphatic rings. The summed E-state index contributed by atoms with van der Waals surface area (Å²) in [6, 6.07) is 18.0. The maximum Gasteiger partial charge on any atom is 0.393 e. The van der Waals surface area contributed by atoms with Crippen LogP contribution in [0.15, 0.2) is 67.0 Å². The number of hydrogen-bond acceptors (Lipinski definition) is 6. The van der Waals surface area contributed by atoms with Gasteiger partial charge in [-0.25, -0.2) is 0 Å². The minimum absolute atomic E-state index is 0.207. The smallest absolute Gasteiger partial charge is 0.393 e. The third kappa shape index (κ3) is 3.95. The molecule has 4 rings (SSSR count). The molecule has 0 N–H and O–H groups in total. The molecule has 0 radical (unpaired) electrons. The summed E-state index contributed by atoms with van der Waals surface area (Å²) in [4.78, 5) is 18.9. The summed E-state index contributed by atoms with van der Waals surface area (Å²) in [5.41, 5.74) is 0.307. The first-order valence-electron chi connectivity index (χ1n) is 8.61. The molecule has 0 unspecified atom stereocenters. The molecule has 0 bridgehead atoms. The molecule has 8 heteroatoms. The third-order valence-electron chi connectivity index (χ3n) is 4.22. The van der Waals surface area contributed by atoms with Crippen LogP contribution < -0.4 is 9.47 Å². The zero-order chi connectivity index (χ0) is 20.4. The lowest BCUT2D eigenvalue weighted by Gasteiger charge is -2.10. The van der Waals surface area contributed by atoms with E-state index < -0.39 is 10.6 Å². The van der Waals surface area contributed by atoms with Crippen LogP contribution in [0.25, 0.3) is 10.8 Å². The Bertz CT molecular complexity index is 1230. The molecule has 0 saturated heterocycles. The lowest BCUT2D eigenvalue weighted by Crippen LogP contribution is -2.01. The molecule has 1 heterocycles. The second kappa shape index (κ2) is 7.73. The number of aromatic nitrogens is 2. The number of aryl methyl sites for hydroxylation is 1. The standard InChI is InChI=1S/C21H14ClN3O4/c1-13-10-16(8-9-18(13)22)28-20-19(25(26)27)21(24-12-23-20)29-17-7-6-14-4-2-3-5-15(14)11-17/h2-12H,1H3. The van der Waals surface area contributed by atoms with Gasteiger partial charge >= 0.3 is 17.4 Å². The molecule has 0 aliphatic heterocycles. The highest BCUT2D eigenvalue weighted by atomic mass is 35.5. The molecule has 0 atom stereocenters. The Morgan fingerprint density at radius 1 is 0.897 bits per heavy atom. The predicted molar refractivity (Wildman–Crippen MR) is 109 cm³/mol. The minimum Gasteiger partial charge on any atom is -0.433 e. The van der Waals surface area contributed by atoms with Crippen molar-refractivity contribution in [1.82, 2.24) is 9.97 Å². The number of ether oxygens (including phenoxy) is 2. The SMILES string of the molecule is Cc1cc(Oc2ncnc(Oc3ccc4ccccc4c3)c2[N+](=O)[O-])ccc1Cl. The summed E-state index contributed by atoms with van der Waals surface area (Å²) in [5, 5.41) is 14.2. The molecule has 4 aromatic rings. The Labute approximate surface area is 170 Å². The van der Waals surface area contributed by atoms with Crippen LogP contribution in [0.4, 0.5) is 5.69 Å². The molecule has 0 saturated carbocycles. The highest BCUT2D eigenvalue weighted by molar-refractivity contribution is 6.31. The summed E-state index contributed by atoms with van der Waals surface area (Å²) in [6.45, 7) is 1.80. The van der Waals surface area contributed by atoms with Crippen LogP contribution in [0.2, 0.25) is 5.02 Å². The van der Waals surface area contributed by atoms with Crippen LogP contribution in [0.3, 0.4) is 0 Å². The first-order valence-corrected chi connectivity index (χ1v) is 8.99. The monoisotopic (exact) mass is 407 g/mol. The second-order valence-corrected chi connectivity index (χ2v) is 6.62. The highest BCUT2D eigenvalue weighted by Crippen LogP contribution is 2.38. The van der Waals surface area contributed by atoms with Gasteiger partial charge in [0.1, 0.15) is 17.8 Å². The maximum atomic E-state index is 11.7. The van der Waals surface area contributed by atoms with Gasteiger partial charge in [-0.3, -0.25) is 10.1 Å². The summed E-state index contributed by atoms with van der Waals surface area (Å²) >= 11 is 6.01. The van der Waals surface area contributed by atoms with Gasteiger partial charge in [-0.15, -0.1) is 0 Å². The number of nitrogens with zero attached hydrogens (tertiary/aromatic N) is 3. The van der Waals surface area contributed by atoms with Gasteiger partial charge < -0.3 is 9.47 Å². The van der Waals surface area contributed by atoms with Crippen molar-refractivity contribution in [2.24, 2.45) is 0 Å². The molecule has 29 heavy (non-hydrogen) atoms. The van der Waals surface area contributed by atoms with Crippen LogP contribution in [0.5, 0.6) is 23.3 Å². The van der Waals surface area contributed by atoms with E-state index in [1.165, 1.54) is 0 Å². The lowest BCUT2D eigenvalue weighted by molar-refractivity contribution is -0.387. The van der Waals surface area contributed by atoms with E-state index in [0.29, 0.717) is 16.5 Å². The van der Waals surface area contributed by atoms with E-state index in [2.05, 4.69) is 9.97 Å². The number of nitro groups is 1. The minimum atomic E-state index is -0.630. The quantitative estimate of drug-likeness (QED) is 0.294. The predicted octanol–water partition coefficient (Wildman–Crippen LogP) is 6.08. The number of halogens is 1. The van der Waals surface area contributed by atoms with Crippen molar-refractivity contribution < 1.29 is 14.4 Å². The highest BCUT2D eigenvalue weighted by Gasteiger charge is 2.27. The van der Waals surface area contributed by atoms with Crippen LogP contribution in [0, 0.1) is 17.0 Å². The van der Waals surface area contributed by atoms with Crippen LogP contribution >= 0.6 is 11.6 Å². The van der Waals surface area contributed by atoms with E-state index in [4.69, 9.17) is 21.1 Å². The Morgan fingerprint density at radius 3 is 2.17 bits per heavy atom. The molecule has 0 amide bonds. The van der Waals surface area contributed by atoms with Crippen molar-refractivity contribution >= 4 is 28.1 Å². The van der Waals surface area contributed by atoms with Crippen molar-refractivity contribution in [3.05, 3.63) is 87.7 Å². The van der Waals surface area contributed by atoms with Crippen molar-refractivity contribution in [2.75, 3.05) is 0 Å². The van der Waals surface area contributed by atoms with Gasteiger partial charge in [-0.2, -0.15) is 9.97 Å². The van der Waals surface area contributed by atoms with Gasteiger partial charge in [0.15, 0.2) is 0 Å². The van der Waals surface area contributed by atoms with Gasteiger partial charge in [0.2, 0.25) is 0 Å². The normalized spacial score (nSPS) is 10.7. The van der Waals surface area contributed by atoms with E-state index >= 15 is 0 Å². The second-order valence-electron chi connectivity index (χ2n) is 6.21. The number of fused-ring (bicyclic) bond motifs is 1. The molecule has 7 nitrogen and oxygen atoms in total. The summed E-state index contributed by atoms with van der Waals surface area (Å²) in [7, 11) is 0. The van der Waals surface area contributed by atoms with E-state index in [1.54, 1.807) is 37.3 Å². The molecule has 144 valence electrons. The fraction of sp³-hybridized carbons (Fsp3) is 0.0476. The van der Waals surface area contributed by atoms with Crippen LogP contribution in [-0.4, -0.2) is 14.9 Å². The van der Waals surface area contributed by atoms with Crippen molar-refractivity contribution in [3.8, 4) is 23.3 Å². The van der Waals surface area contributed by atoms with Crippen molar-refractivity contribution in [2.45, 2.75) is 6.92 Å². The zero-order valence-electron chi connectivity index (χ0n) is 15.2. The van der Waals surface area contributed by atoms with Crippen molar-refractivity contribution in [3.63, 3.8) is 0 Å². The Morgan fingerprint density at radius 2 is 1.52 bits per heavy atom. The molecule has 1 aromatic heterocycles. The fourth-order valence-corrected chi connectivity index (χ4v) is 2.91. The van der Waals surface area contributed by atoms with E-state index in [0.717, 1.165) is 22.7 Å². The van der Waals surface area contributed by atoms with Gasteiger partial charge in [-0.1, -0.05) is 41.9 Å². The summed E-state index contributed by atoms with van der Waals surface area (Å²) in [6.07, 6.45) is 1.15. The summed E-state index contributed by atoms with van der Waals surface area (Å²) < 4.78 is 11.3. The Kier molecular flexibility index (Phi) is 4.97. The molecule has 0 spiro atoms. The van der Waals surface area contributed by atoms with Crippen LogP contribution in [-0.2, 0) is 0 Å².